The molecule has 0 atom stereocenters. The zero-order chi connectivity index (χ0) is 12.5. The minimum absolute atomic E-state index is 0.358. The highest BCUT2D eigenvalue weighted by atomic mass is 79.9. The number of esters is 1. The average molecular weight is 307 g/mol. The fraction of sp³-hybridized carbons (Fsp3) is 0.455. The molecule has 0 fully saturated rings. The zero-order valence-electron chi connectivity index (χ0n) is 9.60. The molecule has 1 aromatic rings. The minimum Gasteiger partial charge on any atom is -0.468 e. The van der Waals surface area contributed by atoms with Crippen molar-refractivity contribution in [3.8, 4) is 0 Å². The first-order valence-corrected chi connectivity index (χ1v) is 5.89. The highest BCUT2D eigenvalue weighted by molar-refractivity contribution is 9.10. The Balaban J connectivity index is 3.33. The summed E-state index contributed by atoms with van der Waals surface area (Å²) in [7, 11) is 1.35. The summed E-state index contributed by atoms with van der Waals surface area (Å²) in [6, 6.07) is 1.74. The molecule has 3 nitrogen and oxygen atoms in total. The first kappa shape index (κ1) is 13.5. The lowest BCUT2D eigenvalue weighted by Gasteiger charge is -2.22. The number of methoxy groups -OCH3 is 1. The Hall–Kier alpha value is -0.610. The number of carbonyl (C=O) groups is 1. The summed E-state index contributed by atoms with van der Waals surface area (Å²) in [6.45, 7) is 5.32. The van der Waals surface area contributed by atoms with Gasteiger partial charge in [0.2, 0.25) is 0 Å². The molecule has 0 spiro atoms. The van der Waals surface area contributed by atoms with E-state index < -0.39 is 5.41 Å². The lowest BCUT2D eigenvalue weighted by molar-refractivity contribution is -0.146. The van der Waals surface area contributed by atoms with Crippen LogP contribution in [0, 0.1) is 6.92 Å². The topological polar surface area (TPSA) is 39.2 Å². The van der Waals surface area contributed by atoms with Crippen LogP contribution in [0.5, 0.6) is 0 Å². The lowest BCUT2D eigenvalue weighted by atomic mass is 9.88. The summed E-state index contributed by atoms with van der Waals surface area (Å²) < 4.78 is 5.57. The number of rotatable bonds is 2. The summed E-state index contributed by atoms with van der Waals surface area (Å²) >= 11 is 9.42. The van der Waals surface area contributed by atoms with Crippen LogP contribution < -0.4 is 0 Å². The van der Waals surface area contributed by atoms with E-state index in [1.807, 2.05) is 6.92 Å². The summed E-state index contributed by atoms with van der Waals surface area (Å²) in [6.07, 6.45) is 0. The smallest absolute Gasteiger partial charge is 0.317 e. The van der Waals surface area contributed by atoms with Gasteiger partial charge in [0.25, 0.3) is 0 Å². The van der Waals surface area contributed by atoms with E-state index in [1.165, 1.54) is 7.11 Å². The van der Waals surface area contributed by atoms with Gasteiger partial charge < -0.3 is 4.74 Å². The number of carbonyl (C=O) groups excluding carboxylic acids is 1. The molecule has 16 heavy (non-hydrogen) atoms. The molecule has 0 amide bonds. The van der Waals surface area contributed by atoms with Crippen molar-refractivity contribution < 1.29 is 9.53 Å². The van der Waals surface area contributed by atoms with Crippen LogP contribution in [0.3, 0.4) is 0 Å². The van der Waals surface area contributed by atoms with Gasteiger partial charge in [0.15, 0.2) is 0 Å². The van der Waals surface area contributed by atoms with Crippen LogP contribution in [0.15, 0.2) is 10.5 Å². The Bertz CT molecular complexity index is 432. The highest BCUT2D eigenvalue weighted by Gasteiger charge is 2.34. The maximum Gasteiger partial charge on any atom is 0.317 e. The Morgan fingerprint density at radius 1 is 1.56 bits per heavy atom. The highest BCUT2D eigenvalue weighted by Crippen LogP contribution is 2.32. The second kappa shape index (κ2) is 4.72. The summed E-state index contributed by atoms with van der Waals surface area (Å²) in [5, 5.41) is 0.452. The second-order valence-corrected chi connectivity index (χ2v) is 5.26. The van der Waals surface area contributed by atoms with E-state index in [1.54, 1.807) is 19.9 Å². The number of halogens is 2. The van der Waals surface area contributed by atoms with Crippen molar-refractivity contribution >= 4 is 33.5 Å². The molecule has 0 saturated carbocycles. The van der Waals surface area contributed by atoms with Crippen molar-refractivity contribution in [3.63, 3.8) is 0 Å². The molecule has 0 aliphatic carbocycles. The minimum atomic E-state index is -0.850. The molecule has 0 aliphatic rings. The van der Waals surface area contributed by atoms with Gasteiger partial charge in [-0.25, -0.2) is 0 Å². The predicted octanol–water partition coefficient (Wildman–Crippen LogP) is 3.26. The normalized spacial score (nSPS) is 11.4. The quantitative estimate of drug-likeness (QED) is 0.787. The van der Waals surface area contributed by atoms with Crippen LogP contribution in [-0.4, -0.2) is 18.1 Å². The van der Waals surface area contributed by atoms with Crippen LogP contribution in [0.1, 0.15) is 25.2 Å². The Labute approximate surface area is 108 Å². The first-order chi connectivity index (χ1) is 7.30. The van der Waals surface area contributed by atoms with E-state index in [9.17, 15) is 4.79 Å². The van der Waals surface area contributed by atoms with Crippen LogP contribution in [0.4, 0.5) is 0 Å². The number of hydrogen-bond acceptors (Lipinski definition) is 3. The van der Waals surface area contributed by atoms with Crippen molar-refractivity contribution in [1.29, 1.82) is 0 Å². The van der Waals surface area contributed by atoms with Crippen molar-refractivity contribution in [2.24, 2.45) is 0 Å². The first-order valence-electron chi connectivity index (χ1n) is 4.72. The molecule has 0 unspecified atom stereocenters. The predicted molar refractivity (Wildman–Crippen MR) is 66.7 cm³/mol. The fourth-order valence-corrected chi connectivity index (χ4v) is 2.19. The van der Waals surface area contributed by atoms with Gasteiger partial charge in [0, 0.05) is 4.47 Å². The third-order valence-electron chi connectivity index (χ3n) is 2.39. The van der Waals surface area contributed by atoms with Crippen molar-refractivity contribution in [2.75, 3.05) is 7.11 Å². The maximum absolute atomic E-state index is 11.6. The molecule has 1 heterocycles. The Kier molecular flexibility index (Phi) is 3.97. The van der Waals surface area contributed by atoms with Crippen LogP contribution in [-0.2, 0) is 14.9 Å². The number of ether oxygens (including phenoxy) is 1. The number of nitrogens with zero attached hydrogens (tertiary/aromatic N) is 1. The van der Waals surface area contributed by atoms with Crippen molar-refractivity contribution in [3.05, 3.63) is 26.9 Å². The van der Waals surface area contributed by atoms with Crippen molar-refractivity contribution in [2.45, 2.75) is 26.2 Å². The molecule has 0 N–H and O–H groups in total. The standard InChI is InChI=1S/C11H13BrClNO2/c1-6-7(12)5-8(13)9(14-6)11(2,3)10(15)16-4/h5H,1-4H3. The molecule has 0 saturated heterocycles. The van der Waals surface area contributed by atoms with Crippen molar-refractivity contribution in [1.82, 2.24) is 4.98 Å². The second-order valence-electron chi connectivity index (χ2n) is 4.00. The van der Waals surface area contributed by atoms with E-state index in [2.05, 4.69) is 20.9 Å². The van der Waals surface area contributed by atoms with E-state index in [0.717, 1.165) is 10.2 Å². The van der Waals surface area contributed by atoms with Gasteiger partial charge in [0.1, 0.15) is 5.41 Å². The fourth-order valence-electron chi connectivity index (χ4n) is 1.35. The van der Waals surface area contributed by atoms with E-state index in [0.29, 0.717) is 10.7 Å². The molecule has 0 aromatic carbocycles. The number of aromatic nitrogens is 1. The molecule has 0 bridgehead atoms. The van der Waals surface area contributed by atoms with E-state index >= 15 is 0 Å². The largest absolute Gasteiger partial charge is 0.468 e. The van der Waals surface area contributed by atoms with E-state index in [4.69, 9.17) is 16.3 Å². The van der Waals surface area contributed by atoms with Gasteiger partial charge in [-0.2, -0.15) is 0 Å². The Morgan fingerprint density at radius 3 is 2.62 bits per heavy atom. The molecule has 1 aromatic heterocycles. The van der Waals surface area contributed by atoms with Gasteiger partial charge in [-0.05, 0) is 42.8 Å². The van der Waals surface area contributed by atoms with Gasteiger partial charge in [0.05, 0.1) is 23.5 Å². The summed E-state index contributed by atoms with van der Waals surface area (Å²) in [5.74, 6) is -0.358. The summed E-state index contributed by atoms with van der Waals surface area (Å²) in [4.78, 5) is 16.0. The zero-order valence-corrected chi connectivity index (χ0v) is 11.9. The average Bonchev–Trinajstić information content (AvgIpc) is 2.21. The summed E-state index contributed by atoms with van der Waals surface area (Å²) in [5.41, 5.74) is 0.468. The molecule has 0 aliphatic heterocycles. The third-order valence-corrected chi connectivity index (χ3v) is 3.48. The van der Waals surface area contributed by atoms with Crippen LogP contribution in [0.2, 0.25) is 5.02 Å². The van der Waals surface area contributed by atoms with Crippen LogP contribution >= 0.6 is 27.5 Å². The number of aryl methyl sites for hydroxylation is 1. The molecule has 0 radical (unpaired) electrons. The molecule has 88 valence electrons. The Morgan fingerprint density at radius 2 is 2.12 bits per heavy atom. The molecule has 5 heteroatoms. The monoisotopic (exact) mass is 305 g/mol. The number of pyridine rings is 1. The van der Waals surface area contributed by atoms with Gasteiger partial charge >= 0.3 is 5.97 Å². The van der Waals surface area contributed by atoms with E-state index in [-0.39, 0.29) is 5.97 Å². The van der Waals surface area contributed by atoms with Gasteiger partial charge in [-0.15, -0.1) is 0 Å². The SMILES string of the molecule is COC(=O)C(C)(C)c1nc(C)c(Br)cc1Cl. The van der Waals surface area contributed by atoms with Gasteiger partial charge in [-0.1, -0.05) is 11.6 Å². The third kappa shape index (κ3) is 2.38. The van der Waals surface area contributed by atoms with Gasteiger partial charge in [-0.3, -0.25) is 9.78 Å². The molecular formula is C11H13BrClNO2. The molecule has 1 rings (SSSR count). The lowest BCUT2D eigenvalue weighted by Crippen LogP contribution is -2.31. The molecular weight excluding hydrogens is 293 g/mol. The maximum atomic E-state index is 11.6. The van der Waals surface area contributed by atoms with Crippen LogP contribution in [0.25, 0.3) is 0 Å². The number of hydrogen-bond donors (Lipinski definition) is 0.